The lowest BCUT2D eigenvalue weighted by Crippen LogP contribution is -2.21. The molecular formula is C7H12N2O5. The Morgan fingerprint density at radius 3 is 2.86 bits per heavy atom. The van der Waals surface area contributed by atoms with Gasteiger partial charge in [0.15, 0.2) is 0 Å². The summed E-state index contributed by atoms with van der Waals surface area (Å²) in [5.41, 5.74) is 0. The fourth-order valence-electron chi connectivity index (χ4n) is 0.865. The molecule has 0 aliphatic carbocycles. The third-order valence-electron chi connectivity index (χ3n) is 1.67. The summed E-state index contributed by atoms with van der Waals surface area (Å²) in [4.78, 5) is 20.6. The van der Waals surface area contributed by atoms with E-state index in [9.17, 15) is 14.9 Å². The molecule has 0 spiro atoms. The van der Waals surface area contributed by atoms with Gasteiger partial charge in [-0.25, -0.2) is 0 Å². The van der Waals surface area contributed by atoms with Crippen LogP contribution in [0, 0.1) is 10.1 Å². The van der Waals surface area contributed by atoms with E-state index in [1.807, 2.05) is 0 Å². The Morgan fingerprint density at radius 1 is 1.79 bits per heavy atom. The second-order valence-electron chi connectivity index (χ2n) is 2.59. The number of hydrogen-bond acceptors (Lipinski definition) is 6. The lowest BCUT2D eigenvalue weighted by atomic mass is 10.1. The van der Waals surface area contributed by atoms with Crippen molar-refractivity contribution >= 4 is 12.2 Å². The minimum absolute atomic E-state index is 0.000490. The zero-order valence-corrected chi connectivity index (χ0v) is 7.75. The number of ether oxygens (including phenoxy) is 1. The fraction of sp³-hybridized carbons (Fsp3) is 0.714. The summed E-state index contributed by atoms with van der Waals surface area (Å²) in [5, 5.41) is 21.2. The Balaban J connectivity index is 3.97. The quantitative estimate of drug-likeness (QED) is 0.222. The van der Waals surface area contributed by atoms with Crippen molar-refractivity contribution in [3.8, 4) is 0 Å². The molecule has 0 fully saturated rings. The van der Waals surface area contributed by atoms with E-state index in [2.05, 4.69) is 9.89 Å². The van der Waals surface area contributed by atoms with Crippen molar-refractivity contribution in [2.45, 2.75) is 25.3 Å². The number of hydrogen-bond donors (Lipinski definition) is 1. The van der Waals surface area contributed by atoms with Gasteiger partial charge in [0.25, 0.3) is 0 Å². The molecule has 0 saturated carbocycles. The van der Waals surface area contributed by atoms with Gasteiger partial charge in [-0.15, -0.1) is 5.16 Å². The third-order valence-corrected chi connectivity index (χ3v) is 1.67. The van der Waals surface area contributed by atoms with Gasteiger partial charge in [-0.05, 0) is 0 Å². The Morgan fingerprint density at radius 2 is 2.43 bits per heavy atom. The summed E-state index contributed by atoms with van der Waals surface area (Å²) < 4.78 is 4.34. The molecule has 0 bridgehead atoms. The summed E-state index contributed by atoms with van der Waals surface area (Å²) in [6.45, 7) is 0. The molecule has 1 N–H and O–H groups in total. The highest BCUT2D eigenvalue weighted by molar-refractivity contribution is 5.69. The number of nitrogens with zero attached hydrogens (tertiary/aromatic N) is 2. The van der Waals surface area contributed by atoms with Crippen molar-refractivity contribution in [2.24, 2.45) is 5.16 Å². The summed E-state index contributed by atoms with van der Waals surface area (Å²) in [7, 11) is 1.22. The predicted molar refractivity (Wildman–Crippen MR) is 46.9 cm³/mol. The monoisotopic (exact) mass is 204 g/mol. The third kappa shape index (κ3) is 5.07. The molecule has 0 aliphatic rings. The van der Waals surface area contributed by atoms with Crippen molar-refractivity contribution < 1.29 is 19.7 Å². The van der Waals surface area contributed by atoms with Gasteiger partial charge >= 0.3 is 5.97 Å². The second kappa shape index (κ2) is 6.81. The number of carbonyl (C=O) groups is 1. The van der Waals surface area contributed by atoms with Crippen LogP contribution < -0.4 is 0 Å². The molecule has 0 heterocycles. The van der Waals surface area contributed by atoms with Gasteiger partial charge in [0.2, 0.25) is 6.04 Å². The number of carbonyl (C=O) groups excluding carboxylic acids is 1. The average Bonchev–Trinajstić information content (AvgIpc) is 2.16. The molecule has 14 heavy (non-hydrogen) atoms. The van der Waals surface area contributed by atoms with E-state index < -0.39 is 16.9 Å². The summed E-state index contributed by atoms with van der Waals surface area (Å²) in [5.74, 6) is -0.488. The molecule has 7 nitrogen and oxygen atoms in total. The molecular weight excluding hydrogens is 192 g/mol. The van der Waals surface area contributed by atoms with Crippen molar-refractivity contribution in [3.05, 3.63) is 10.1 Å². The first kappa shape index (κ1) is 12.3. The van der Waals surface area contributed by atoms with Crippen LogP contribution >= 0.6 is 0 Å². The van der Waals surface area contributed by atoms with Crippen LogP contribution in [0.1, 0.15) is 19.3 Å². The maximum Gasteiger partial charge on any atom is 0.305 e. The first-order valence-electron chi connectivity index (χ1n) is 3.98. The standard InChI is InChI=1S/C7H12N2O5/c1-14-7(10)3-2-6(9(12)13)4-5-8-11/h5-6,11H,2-4H2,1H3/b8-5+. The Labute approximate surface area is 80.5 Å². The highest BCUT2D eigenvalue weighted by atomic mass is 16.6. The van der Waals surface area contributed by atoms with Crippen LogP contribution in [0.4, 0.5) is 0 Å². The molecule has 0 aliphatic heterocycles. The highest BCUT2D eigenvalue weighted by Crippen LogP contribution is 2.05. The van der Waals surface area contributed by atoms with E-state index in [1.54, 1.807) is 0 Å². The molecule has 0 aromatic heterocycles. The minimum atomic E-state index is -0.912. The SMILES string of the molecule is COC(=O)CCC(C/C=N/O)[N+](=O)[O-]. The van der Waals surface area contributed by atoms with E-state index in [-0.39, 0.29) is 19.3 Å². The second-order valence-corrected chi connectivity index (χ2v) is 2.59. The summed E-state index contributed by atoms with van der Waals surface area (Å²) in [6.07, 6.45) is 1.10. The van der Waals surface area contributed by atoms with Crippen molar-refractivity contribution in [3.63, 3.8) is 0 Å². The van der Waals surface area contributed by atoms with Gasteiger partial charge in [-0.2, -0.15) is 0 Å². The first-order valence-corrected chi connectivity index (χ1v) is 3.98. The van der Waals surface area contributed by atoms with Crippen molar-refractivity contribution in [2.75, 3.05) is 7.11 Å². The van der Waals surface area contributed by atoms with Crippen LogP contribution in [0.5, 0.6) is 0 Å². The van der Waals surface area contributed by atoms with E-state index in [0.29, 0.717) is 0 Å². The largest absolute Gasteiger partial charge is 0.469 e. The zero-order valence-electron chi connectivity index (χ0n) is 7.75. The Kier molecular flexibility index (Phi) is 6.01. The molecule has 0 aromatic rings. The zero-order chi connectivity index (χ0) is 11.0. The molecule has 0 saturated heterocycles. The van der Waals surface area contributed by atoms with Gasteiger partial charge in [-0.3, -0.25) is 14.9 Å². The maximum atomic E-state index is 10.7. The maximum absolute atomic E-state index is 10.7. The average molecular weight is 204 g/mol. The Hall–Kier alpha value is -1.66. The minimum Gasteiger partial charge on any atom is -0.469 e. The number of esters is 1. The van der Waals surface area contributed by atoms with Crippen LogP contribution in [0.15, 0.2) is 5.16 Å². The number of oxime groups is 1. The van der Waals surface area contributed by atoms with Gasteiger partial charge in [0.1, 0.15) is 0 Å². The highest BCUT2D eigenvalue weighted by Gasteiger charge is 2.20. The van der Waals surface area contributed by atoms with Crippen molar-refractivity contribution in [1.29, 1.82) is 0 Å². The summed E-state index contributed by atoms with van der Waals surface area (Å²) >= 11 is 0. The van der Waals surface area contributed by atoms with Gasteiger partial charge in [0, 0.05) is 11.3 Å². The van der Waals surface area contributed by atoms with Gasteiger partial charge in [-0.1, -0.05) is 0 Å². The molecule has 80 valence electrons. The fourth-order valence-corrected chi connectivity index (χ4v) is 0.865. The molecule has 7 heteroatoms. The number of nitro groups is 1. The van der Waals surface area contributed by atoms with Crippen molar-refractivity contribution in [1.82, 2.24) is 0 Å². The van der Waals surface area contributed by atoms with Crippen LogP contribution in [-0.4, -0.2) is 35.5 Å². The first-order chi connectivity index (χ1) is 6.61. The smallest absolute Gasteiger partial charge is 0.305 e. The molecule has 1 unspecified atom stereocenters. The van der Waals surface area contributed by atoms with Crippen LogP contribution in [0.2, 0.25) is 0 Å². The molecule has 0 amide bonds. The lowest BCUT2D eigenvalue weighted by molar-refractivity contribution is -0.521. The number of rotatable bonds is 6. The van der Waals surface area contributed by atoms with E-state index in [0.717, 1.165) is 6.21 Å². The molecule has 0 aromatic carbocycles. The van der Waals surface area contributed by atoms with Crippen LogP contribution in [0.3, 0.4) is 0 Å². The lowest BCUT2D eigenvalue weighted by Gasteiger charge is -2.04. The predicted octanol–water partition coefficient (Wildman–Crippen LogP) is 0.435. The normalized spacial score (nSPS) is 12.6. The summed E-state index contributed by atoms with van der Waals surface area (Å²) in [6, 6.07) is -0.912. The van der Waals surface area contributed by atoms with Gasteiger partial charge < -0.3 is 9.94 Å². The molecule has 0 rings (SSSR count). The van der Waals surface area contributed by atoms with E-state index >= 15 is 0 Å². The molecule has 1 atom stereocenters. The van der Waals surface area contributed by atoms with Gasteiger partial charge in [0.05, 0.1) is 26.2 Å². The van der Waals surface area contributed by atoms with E-state index in [4.69, 9.17) is 5.21 Å². The van der Waals surface area contributed by atoms with E-state index in [1.165, 1.54) is 7.11 Å². The molecule has 0 radical (unpaired) electrons. The Bertz CT molecular complexity index is 228. The van der Waals surface area contributed by atoms with Crippen LogP contribution in [0.25, 0.3) is 0 Å². The topological polar surface area (TPSA) is 102 Å². The number of methoxy groups -OCH3 is 1. The van der Waals surface area contributed by atoms with Crippen LogP contribution in [-0.2, 0) is 9.53 Å².